The average molecular weight is 448 g/mol. The number of anilines is 1. The third-order valence-electron chi connectivity index (χ3n) is 7.83. The zero-order valence-corrected chi connectivity index (χ0v) is 20.7. The van der Waals surface area contributed by atoms with Gasteiger partial charge in [0.2, 0.25) is 5.91 Å². The van der Waals surface area contributed by atoms with Crippen molar-refractivity contribution in [3.8, 4) is 11.4 Å². The maximum atomic E-state index is 13.3. The fourth-order valence-electron chi connectivity index (χ4n) is 5.66. The first kappa shape index (κ1) is 22.2. The third kappa shape index (κ3) is 4.21. The van der Waals surface area contributed by atoms with Crippen molar-refractivity contribution < 1.29 is 4.79 Å². The fraction of sp³-hybridized carbons (Fsp3) is 0.556. The number of nitrogens with zero attached hydrogens (tertiary/aromatic N) is 3. The van der Waals surface area contributed by atoms with Gasteiger partial charge in [0.15, 0.2) is 0 Å². The van der Waals surface area contributed by atoms with Crippen LogP contribution in [0.3, 0.4) is 0 Å². The Morgan fingerprint density at radius 3 is 2.91 bits per heavy atom. The maximum Gasteiger partial charge on any atom is 0.243 e. The molecule has 1 aromatic carbocycles. The van der Waals surface area contributed by atoms with Gasteiger partial charge in [0.25, 0.3) is 0 Å². The summed E-state index contributed by atoms with van der Waals surface area (Å²) >= 11 is 0. The number of H-pyrrole nitrogens is 2. The van der Waals surface area contributed by atoms with Crippen molar-refractivity contribution in [2.45, 2.75) is 65.8 Å². The number of fused-ring (bicyclic) bond motifs is 2. The summed E-state index contributed by atoms with van der Waals surface area (Å²) in [6.45, 7) is 11.0. The van der Waals surface area contributed by atoms with E-state index < -0.39 is 0 Å². The molecule has 3 aromatic rings. The van der Waals surface area contributed by atoms with Gasteiger partial charge in [-0.1, -0.05) is 26.8 Å². The summed E-state index contributed by atoms with van der Waals surface area (Å²) in [4.78, 5) is 21.0. The van der Waals surface area contributed by atoms with Gasteiger partial charge in [-0.25, -0.2) is 0 Å². The molecule has 2 aromatic heterocycles. The first-order chi connectivity index (χ1) is 15.7. The summed E-state index contributed by atoms with van der Waals surface area (Å²) in [5.74, 6) is 0.811. The molecular weight excluding hydrogens is 410 g/mol. The predicted octanol–water partition coefficient (Wildman–Crippen LogP) is 5.16. The topological polar surface area (TPSA) is 68.0 Å². The molecule has 3 heterocycles. The molecule has 176 valence electrons. The molecule has 1 aliphatic heterocycles. The predicted molar refractivity (Wildman–Crippen MR) is 135 cm³/mol. The largest absolute Gasteiger partial charge is 0.353 e. The lowest BCUT2D eigenvalue weighted by molar-refractivity contribution is -0.123. The summed E-state index contributed by atoms with van der Waals surface area (Å²) in [5.41, 5.74) is 6.98. The van der Waals surface area contributed by atoms with Gasteiger partial charge in [0.05, 0.1) is 11.7 Å². The lowest BCUT2D eigenvalue weighted by Gasteiger charge is -2.36. The van der Waals surface area contributed by atoms with Crippen LogP contribution in [-0.4, -0.2) is 52.2 Å². The monoisotopic (exact) mass is 447 g/mol. The van der Waals surface area contributed by atoms with Crippen molar-refractivity contribution in [1.82, 2.24) is 20.1 Å². The molecule has 6 heteroatoms. The number of benzene rings is 1. The number of nitrogens with one attached hydrogen (secondary N) is 2. The van der Waals surface area contributed by atoms with E-state index in [-0.39, 0.29) is 11.9 Å². The quantitative estimate of drug-likeness (QED) is 0.581. The number of piperidine rings is 1. The molecule has 0 radical (unpaired) electrons. The molecule has 2 aliphatic rings. The smallest absolute Gasteiger partial charge is 0.243 e. The fourth-order valence-corrected chi connectivity index (χ4v) is 5.66. The molecule has 1 fully saturated rings. The van der Waals surface area contributed by atoms with Gasteiger partial charge in [-0.2, -0.15) is 5.10 Å². The standard InChI is InChI=1S/C27H37N5O/c1-17-7-6-12-32(16-17)18(2)26(33)31(5)20-9-8-19-13-23(28-22(19)14-20)25-21-10-11-27(3,4)15-24(21)29-30-25/h8-9,13-14,17-18,28H,6-7,10-12,15-16H2,1-5H3,(H,29,30)/t17-,18?/m1/s1. The molecule has 1 unspecified atom stereocenters. The van der Waals surface area contributed by atoms with Gasteiger partial charge >= 0.3 is 0 Å². The van der Waals surface area contributed by atoms with Crippen molar-refractivity contribution in [1.29, 1.82) is 0 Å². The van der Waals surface area contributed by atoms with Gasteiger partial charge in [0, 0.05) is 41.4 Å². The Hall–Kier alpha value is -2.60. The van der Waals surface area contributed by atoms with Crippen molar-refractivity contribution in [3.63, 3.8) is 0 Å². The second-order valence-corrected chi connectivity index (χ2v) is 11.1. The number of likely N-dealkylation sites (N-methyl/N-ethyl adjacent to an activating group) is 1. The van der Waals surface area contributed by atoms with E-state index in [1.807, 2.05) is 24.9 Å². The molecule has 0 bridgehead atoms. The van der Waals surface area contributed by atoms with E-state index in [4.69, 9.17) is 0 Å². The van der Waals surface area contributed by atoms with E-state index in [1.165, 1.54) is 30.5 Å². The normalized spacial score (nSPS) is 21.7. The molecule has 33 heavy (non-hydrogen) atoms. The van der Waals surface area contributed by atoms with Crippen LogP contribution in [0.1, 0.15) is 58.2 Å². The van der Waals surface area contributed by atoms with Crippen molar-refractivity contribution >= 4 is 22.5 Å². The summed E-state index contributed by atoms with van der Waals surface area (Å²) in [7, 11) is 1.89. The minimum absolute atomic E-state index is 0.104. The maximum absolute atomic E-state index is 13.3. The zero-order valence-electron chi connectivity index (χ0n) is 20.7. The first-order valence-corrected chi connectivity index (χ1v) is 12.4. The van der Waals surface area contributed by atoms with Crippen molar-refractivity contribution in [3.05, 3.63) is 35.5 Å². The van der Waals surface area contributed by atoms with Crippen LogP contribution in [0.5, 0.6) is 0 Å². The van der Waals surface area contributed by atoms with Crippen LogP contribution in [0.4, 0.5) is 5.69 Å². The van der Waals surface area contributed by atoms with E-state index in [0.717, 1.165) is 53.9 Å². The zero-order chi connectivity index (χ0) is 23.3. The van der Waals surface area contributed by atoms with Crippen LogP contribution in [0.2, 0.25) is 0 Å². The molecular formula is C27H37N5O. The highest BCUT2D eigenvalue weighted by Gasteiger charge is 2.30. The van der Waals surface area contributed by atoms with E-state index in [1.54, 1.807) is 0 Å². The molecule has 0 saturated carbocycles. The van der Waals surface area contributed by atoms with Crippen LogP contribution in [0.25, 0.3) is 22.3 Å². The van der Waals surface area contributed by atoms with Gasteiger partial charge in [-0.3, -0.25) is 14.8 Å². The molecule has 0 spiro atoms. The van der Waals surface area contributed by atoms with Crippen LogP contribution in [0, 0.1) is 11.3 Å². The second kappa shape index (κ2) is 8.32. The number of likely N-dealkylation sites (tertiary alicyclic amines) is 1. The van der Waals surface area contributed by atoms with Gasteiger partial charge in [0.1, 0.15) is 5.69 Å². The molecule has 1 aliphatic carbocycles. The number of hydrogen-bond acceptors (Lipinski definition) is 3. The van der Waals surface area contributed by atoms with Crippen molar-refractivity contribution in [2.75, 3.05) is 25.0 Å². The Balaban J connectivity index is 1.38. The third-order valence-corrected chi connectivity index (χ3v) is 7.83. The van der Waals surface area contributed by atoms with E-state index in [0.29, 0.717) is 11.3 Å². The van der Waals surface area contributed by atoms with Crippen molar-refractivity contribution in [2.24, 2.45) is 11.3 Å². The highest BCUT2D eigenvalue weighted by molar-refractivity contribution is 5.98. The van der Waals surface area contributed by atoms with Crippen LogP contribution in [0.15, 0.2) is 24.3 Å². The molecule has 2 atom stereocenters. The highest BCUT2D eigenvalue weighted by Crippen LogP contribution is 2.38. The van der Waals surface area contributed by atoms with Crippen LogP contribution >= 0.6 is 0 Å². The molecule has 1 amide bonds. The Bertz CT molecular complexity index is 1170. The number of rotatable bonds is 4. The summed E-state index contributed by atoms with van der Waals surface area (Å²) in [6, 6.07) is 8.31. The van der Waals surface area contributed by atoms with E-state index in [2.05, 4.69) is 59.1 Å². The minimum atomic E-state index is -0.104. The van der Waals surface area contributed by atoms with Gasteiger partial charge in [-0.15, -0.1) is 0 Å². The average Bonchev–Trinajstić information content (AvgIpc) is 3.39. The van der Waals surface area contributed by atoms with E-state index in [9.17, 15) is 4.79 Å². The number of carbonyl (C=O) groups excluding carboxylic acids is 1. The Kier molecular flexibility index (Phi) is 5.60. The molecule has 1 saturated heterocycles. The highest BCUT2D eigenvalue weighted by atomic mass is 16.2. The van der Waals surface area contributed by atoms with E-state index >= 15 is 0 Å². The van der Waals surface area contributed by atoms with Crippen LogP contribution in [-0.2, 0) is 17.6 Å². The van der Waals surface area contributed by atoms with Crippen LogP contribution < -0.4 is 4.90 Å². The number of hydrogen-bond donors (Lipinski definition) is 2. The number of amides is 1. The number of carbonyl (C=O) groups is 1. The minimum Gasteiger partial charge on any atom is -0.353 e. The molecule has 6 nitrogen and oxygen atoms in total. The SMILES string of the molecule is CC(C(=O)N(C)c1ccc2cc(-c3n[nH]c4c3CCC(C)(C)C4)[nH]c2c1)N1CCC[C@@H](C)C1. The molecule has 2 N–H and O–H groups in total. The first-order valence-electron chi connectivity index (χ1n) is 12.4. The van der Waals surface area contributed by atoms with Gasteiger partial charge < -0.3 is 9.88 Å². The second-order valence-electron chi connectivity index (χ2n) is 11.1. The summed E-state index contributed by atoms with van der Waals surface area (Å²) < 4.78 is 0. The molecule has 5 rings (SSSR count). The number of aromatic nitrogens is 3. The number of aromatic amines is 2. The summed E-state index contributed by atoms with van der Waals surface area (Å²) in [5, 5.41) is 9.10. The van der Waals surface area contributed by atoms with Gasteiger partial charge in [-0.05, 0) is 75.1 Å². The Morgan fingerprint density at radius 2 is 2.12 bits per heavy atom. The Morgan fingerprint density at radius 1 is 1.30 bits per heavy atom. The lowest BCUT2D eigenvalue weighted by Crippen LogP contribution is -2.49. The lowest BCUT2D eigenvalue weighted by atomic mass is 9.76. The summed E-state index contributed by atoms with van der Waals surface area (Å²) in [6.07, 6.45) is 5.71. The Labute approximate surface area is 196 Å².